The normalized spacial score (nSPS) is 15.5. The van der Waals surface area contributed by atoms with Crippen LogP contribution in [0.4, 0.5) is 0 Å². The van der Waals surface area contributed by atoms with Crippen LogP contribution in [-0.4, -0.2) is 25.2 Å². The van der Waals surface area contributed by atoms with Crippen molar-refractivity contribution >= 4 is 11.8 Å². The fraction of sp³-hybridized carbons (Fsp3) is 0.364. The summed E-state index contributed by atoms with van der Waals surface area (Å²) >= 11 is 0. The molecule has 1 atom stereocenters. The molecule has 6 heteroatoms. The molecule has 28 heavy (non-hydrogen) atoms. The number of nitrogens with one attached hydrogen (secondary N) is 2. The van der Waals surface area contributed by atoms with E-state index in [1.807, 2.05) is 6.92 Å². The first-order valence-electron chi connectivity index (χ1n) is 9.69. The van der Waals surface area contributed by atoms with E-state index in [4.69, 9.17) is 9.47 Å². The molecule has 146 valence electrons. The van der Waals surface area contributed by atoms with Crippen molar-refractivity contribution in [3.05, 3.63) is 58.7 Å². The molecule has 1 aliphatic heterocycles. The number of aryl methyl sites for hydroxylation is 2. The van der Waals surface area contributed by atoms with Crippen LogP contribution in [-0.2, 0) is 17.6 Å². The van der Waals surface area contributed by atoms with Gasteiger partial charge in [0.05, 0.1) is 12.6 Å². The summed E-state index contributed by atoms with van der Waals surface area (Å²) in [5, 5.41) is 5.60. The molecule has 2 aromatic carbocycles. The number of carbonyl (C=O) groups is 2. The minimum atomic E-state index is -0.324. The highest BCUT2D eigenvalue weighted by Crippen LogP contribution is 2.32. The molecule has 4 rings (SSSR count). The third-order valence-electron chi connectivity index (χ3n) is 5.29. The lowest BCUT2D eigenvalue weighted by Crippen LogP contribution is -2.38. The molecule has 0 saturated carbocycles. The van der Waals surface area contributed by atoms with E-state index in [9.17, 15) is 9.59 Å². The van der Waals surface area contributed by atoms with E-state index in [0.29, 0.717) is 17.1 Å². The van der Waals surface area contributed by atoms with Crippen LogP contribution < -0.4 is 20.1 Å². The number of carbonyl (C=O) groups excluding carboxylic acids is 2. The van der Waals surface area contributed by atoms with Crippen molar-refractivity contribution in [1.82, 2.24) is 10.6 Å². The van der Waals surface area contributed by atoms with Gasteiger partial charge in [-0.3, -0.25) is 9.59 Å². The van der Waals surface area contributed by atoms with Crippen LogP contribution in [0.3, 0.4) is 0 Å². The maximum absolute atomic E-state index is 12.3. The van der Waals surface area contributed by atoms with E-state index in [1.165, 1.54) is 24.0 Å². The average molecular weight is 380 g/mol. The topological polar surface area (TPSA) is 76.7 Å². The Hall–Kier alpha value is -3.02. The summed E-state index contributed by atoms with van der Waals surface area (Å²) in [6, 6.07) is 11.3. The van der Waals surface area contributed by atoms with Gasteiger partial charge in [-0.05, 0) is 67.5 Å². The van der Waals surface area contributed by atoms with Crippen LogP contribution in [0, 0.1) is 0 Å². The molecule has 0 bridgehead atoms. The van der Waals surface area contributed by atoms with Crippen LogP contribution in [0.25, 0.3) is 0 Å². The second-order valence-electron chi connectivity index (χ2n) is 7.28. The molecule has 2 aliphatic rings. The molecule has 1 unspecified atom stereocenters. The highest BCUT2D eigenvalue weighted by molar-refractivity contribution is 5.97. The first-order chi connectivity index (χ1) is 13.6. The first kappa shape index (κ1) is 18.3. The fourth-order valence-electron chi connectivity index (χ4n) is 3.70. The Kier molecular flexibility index (Phi) is 5.19. The Balaban J connectivity index is 1.31. The van der Waals surface area contributed by atoms with Crippen molar-refractivity contribution < 1.29 is 19.1 Å². The largest absolute Gasteiger partial charge is 0.454 e. The zero-order valence-corrected chi connectivity index (χ0v) is 15.9. The number of benzene rings is 2. The molecule has 0 spiro atoms. The first-order valence-corrected chi connectivity index (χ1v) is 9.69. The zero-order valence-electron chi connectivity index (χ0n) is 15.9. The second-order valence-corrected chi connectivity index (χ2v) is 7.28. The van der Waals surface area contributed by atoms with Gasteiger partial charge in [0.15, 0.2) is 11.5 Å². The van der Waals surface area contributed by atoms with E-state index in [0.717, 1.165) is 18.4 Å². The standard InChI is InChI=1S/C22H24N2O4/c1-14(16-7-6-15-4-2-3-5-17(15)10-16)24-21(25)12-23-22(26)18-8-9-19-20(11-18)28-13-27-19/h6-11,14H,2-5,12-13H2,1H3,(H,23,26)(H,24,25). The van der Waals surface area contributed by atoms with Crippen molar-refractivity contribution in [1.29, 1.82) is 0 Å². The third kappa shape index (κ3) is 3.96. The summed E-state index contributed by atoms with van der Waals surface area (Å²) in [5.74, 6) is 0.612. The molecule has 2 amide bonds. The smallest absolute Gasteiger partial charge is 0.251 e. The number of rotatable bonds is 5. The predicted octanol–water partition coefficient (Wildman–Crippen LogP) is 2.90. The molecule has 2 N–H and O–H groups in total. The zero-order chi connectivity index (χ0) is 19.5. The Labute approximate surface area is 164 Å². The Morgan fingerprint density at radius 2 is 1.79 bits per heavy atom. The molecular weight excluding hydrogens is 356 g/mol. The van der Waals surface area contributed by atoms with Crippen molar-refractivity contribution in [2.75, 3.05) is 13.3 Å². The predicted molar refractivity (Wildman–Crippen MR) is 105 cm³/mol. The fourth-order valence-corrected chi connectivity index (χ4v) is 3.70. The van der Waals surface area contributed by atoms with Crippen molar-refractivity contribution in [2.24, 2.45) is 0 Å². The number of ether oxygens (including phenoxy) is 2. The molecule has 6 nitrogen and oxygen atoms in total. The van der Waals surface area contributed by atoms with Gasteiger partial charge in [-0.25, -0.2) is 0 Å². The van der Waals surface area contributed by atoms with Gasteiger partial charge >= 0.3 is 0 Å². The Morgan fingerprint density at radius 3 is 2.64 bits per heavy atom. The third-order valence-corrected chi connectivity index (χ3v) is 5.29. The number of fused-ring (bicyclic) bond motifs is 2. The van der Waals surface area contributed by atoms with Gasteiger partial charge in [0.25, 0.3) is 5.91 Å². The van der Waals surface area contributed by atoms with Gasteiger partial charge in [0.1, 0.15) is 0 Å². The Morgan fingerprint density at radius 1 is 1.00 bits per heavy atom. The van der Waals surface area contributed by atoms with Crippen LogP contribution in [0.15, 0.2) is 36.4 Å². The van der Waals surface area contributed by atoms with Gasteiger partial charge < -0.3 is 20.1 Å². The van der Waals surface area contributed by atoms with Gasteiger partial charge in [-0.1, -0.05) is 18.2 Å². The van der Waals surface area contributed by atoms with Gasteiger partial charge in [0.2, 0.25) is 12.7 Å². The van der Waals surface area contributed by atoms with Gasteiger partial charge in [0, 0.05) is 5.56 Å². The SMILES string of the molecule is CC(NC(=O)CNC(=O)c1ccc2c(c1)OCO2)c1ccc2c(c1)CCCC2. The number of amides is 2. The minimum absolute atomic E-state index is 0.0808. The van der Waals surface area contributed by atoms with Crippen LogP contribution >= 0.6 is 0 Å². The van der Waals surface area contributed by atoms with Crippen molar-refractivity contribution in [2.45, 2.75) is 38.6 Å². The maximum atomic E-state index is 12.3. The van der Waals surface area contributed by atoms with Crippen LogP contribution in [0.2, 0.25) is 0 Å². The quantitative estimate of drug-likeness (QED) is 0.836. The second kappa shape index (κ2) is 7.92. The summed E-state index contributed by atoms with van der Waals surface area (Å²) in [5.41, 5.74) is 4.33. The van der Waals surface area contributed by atoms with Crippen molar-refractivity contribution in [3.63, 3.8) is 0 Å². The van der Waals surface area contributed by atoms with Crippen LogP contribution in [0.5, 0.6) is 11.5 Å². The number of hydrogen-bond donors (Lipinski definition) is 2. The van der Waals surface area contributed by atoms with E-state index < -0.39 is 0 Å². The van der Waals surface area contributed by atoms with E-state index in [1.54, 1.807) is 18.2 Å². The minimum Gasteiger partial charge on any atom is -0.454 e. The van der Waals surface area contributed by atoms with E-state index >= 15 is 0 Å². The van der Waals surface area contributed by atoms with E-state index in [-0.39, 0.29) is 31.2 Å². The average Bonchev–Trinajstić information content (AvgIpc) is 3.19. The van der Waals surface area contributed by atoms with Crippen LogP contribution in [0.1, 0.15) is 52.9 Å². The molecule has 0 fully saturated rings. The lowest BCUT2D eigenvalue weighted by Gasteiger charge is -2.20. The monoisotopic (exact) mass is 380 g/mol. The Bertz CT molecular complexity index is 909. The highest BCUT2D eigenvalue weighted by Gasteiger charge is 2.18. The van der Waals surface area contributed by atoms with E-state index in [2.05, 4.69) is 28.8 Å². The molecule has 0 saturated heterocycles. The summed E-state index contributed by atoms with van der Waals surface area (Å²) in [6.07, 6.45) is 4.72. The molecule has 1 aliphatic carbocycles. The summed E-state index contributed by atoms with van der Waals surface area (Å²) in [6.45, 7) is 2.04. The molecular formula is C22H24N2O4. The van der Waals surface area contributed by atoms with Crippen molar-refractivity contribution in [3.8, 4) is 11.5 Å². The molecule has 2 aromatic rings. The molecule has 1 heterocycles. The van der Waals surface area contributed by atoms with Gasteiger partial charge in [-0.15, -0.1) is 0 Å². The molecule has 0 aromatic heterocycles. The molecule has 0 radical (unpaired) electrons. The summed E-state index contributed by atoms with van der Waals surface area (Å²) < 4.78 is 10.5. The lowest BCUT2D eigenvalue weighted by atomic mass is 9.89. The summed E-state index contributed by atoms with van der Waals surface area (Å²) in [7, 11) is 0. The summed E-state index contributed by atoms with van der Waals surface area (Å²) in [4.78, 5) is 24.5. The lowest BCUT2D eigenvalue weighted by molar-refractivity contribution is -0.120. The highest BCUT2D eigenvalue weighted by atomic mass is 16.7. The van der Waals surface area contributed by atoms with Gasteiger partial charge in [-0.2, -0.15) is 0 Å². The number of hydrogen-bond acceptors (Lipinski definition) is 4. The maximum Gasteiger partial charge on any atom is 0.251 e.